The molecular formula is C6H9F2NO. The summed E-state index contributed by atoms with van der Waals surface area (Å²) in [6.45, 7) is 3.90. The molecule has 0 bridgehead atoms. The summed E-state index contributed by atoms with van der Waals surface area (Å²) >= 11 is 0. The third-order valence-corrected chi connectivity index (χ3v) is 1.09. The molecule has 0 rings (SSSR count). The Morgan fingerprint density at radius 3 is 1.80 bits per heavy atom. The van der Waals surface area contributed by atoms with Crippen LogP contribution in [0.1, 0.15) is 20.8 Å². The normalized spacial score (nSPS) is 12.5. The Hall–Kier alpha value is -0.760. The SMILES string of the molecule is CC(C)(C)C(F)(F)N=C=O. The first-order valence-corrected chi connectivity index (χ1v) is 2.78. The van der Waals surface area contributed by atoms with Gasteiger partial charge in [-0.3, -0.25) is 0 Å². The van der Waals surface area contributed by atoms with Gasteiger partial charge in [-0.2, -0.15) is 8.78 Å². The zero-order valence-electron chi connectivity index (χ0n) is 6.11. The molecule has 0 fully saturated rings. The standard InChI is InChI=1S/C6H9F2NO/c1-5(2,3)6(7,8)9-4-10/h1-3H3. The summed E-state index contributed by atoms with van der Waals surface area (Å²) in [5.41, 5.74) is -1.32. The molecule has 0 radical (unpaired) electrons. The van der Waals surface area contributed by atoms with Gasteiger partial charge in [0, 0.05) is 5.41 Å². The van der Waals surface area contributed by atoms with Crippen LogP contribution in [-0.2, 0) is 4.79 Å². The second kappa shape index (κ2) is 2.46. The number of isocyanates is 1. The number of halogens is 2. The Morgan fingerprint density at radius 2 is 1.70 bits per heavy atom. The molecule has 10 heavy (non-hydrogen) atoms. The van der Waals surface area contributed by atoms with Crippen LogP contribution in [0.5, 0.6) is 0 Å². The van der Waals surface area contributed by atoms with Gasteiger partial charge in [-0.15, -0.1) is 4.99 Å². The molecule has 0 aliphatic heterocycles. The molecule has 0 saturated carbocycles. The van der Waals surface area contributed by atoms with Crippen LogP contribution in [0.4, 0.5) is 8.78 Å². The molecule has 0 aromatic carbocycles. The molecule has 0 N–H and O–H groups in total. The van der Waals surface area contributed by atoms with E-state index in [0.29, 0.717) is 0 Å². The van der Waals surface area contributed by atoms with Gasteiger partial charge in [0.15, 0.2) is 0 Å². The minimum Gasteiger partial charge on any atom is -0.211 e. The Balaban J connectivity index is 4.56. The molecule has 0 amide bonds. The van der Waals surface area contributed by atoms with Crippen LogP contribution in [0, 0.1) is 5.41 Å². The van der Waals surface area contributed by atoms with Crippen LogP contribution >= 0.6 is 0 Å². The van der Waals surface area contributed by atoms with E-state index in [1.807, 2.05) is 0 Å². The van der Waals surface area contributed by atoms with Gasteiger partial charge >= 0.3 is 6.05 Å². The quantitative estimate of drug-likeness (QED) is 0.318. The van der Waals surface area contributed by atoms with Crippen molar-refractivity contribution in [2.24, 2.45) is 10.4 Å². The minimum absolute atomic E-state index is 0.840. The maximum Gasteiger partial charge on any atom is 0.356 e. The molecular weight excluding hydrogens is 140 g/mol. The molecule has 0 heterocycles. The second-order valence-electron chi connectivity index (χ2n) is 2.99. The monoisotopic (exact) mass is 149 g/mol. The number of aliphatic imine (C=N–C) groups is 1. The summed E-state index contributed by atoms with van der Waals surface area (Å²) in [4.78, 5) is 11.9. The molecule has 0 aliphatic carbocycles. The van der Waals surface area contributed by atoms with Crippen molar-refractivity contribution in [3.8, 4) is 0 Å². The van der Waals surface area contributed by atoms with Crippen molar-refractivity contribution in [2.45, 2.75) is 26.8 Å². The predicted octanol–water partition coefficient (Wildman–Crippen LogP) is 1.96. The lowest BCUT2D eigenvalue weighted by molar-refractivity contribution is -0.0875. The number of hydrogen-bond donors (Lipinski definition) is 0. The van der Waals surface area contributed by atoms with Crippen LogP contribution in [0.15, 0.2) is 4.99 Å². The molecule has 2 nitrogen and oxygen atoms in total. The van der Waals surface area contributed by atoms with E-state index in [1.165, 1.54) is 20.8 Å². The Morgan fingerprint density at radius 1 is 1.30 bits per heavy atom. The third-order valence-electron chi connectivity index (χ3n) is 1.09. The van der Waals surface area contributed by atoms with Crippen molar-refractivity contribution in [3.05, 3.63) is 0 Å². The lowest BCUT2D eigenvalue weighted by Gasteiger charge is -2.24. The van der Waals surface area contributed by atoms with E-state index in [-0.39, 0.29) is 0 Å². The minimum atomic E-state index is -3.31. The largest absolute Gasteiger partial charge is 0.356 e. The first kappa shape index (κ1) is 9.24. The number of hydrogen-bond acceptors (Lipinski definition) is 2. The third kappa shape index (κ3) is 1.88. The number of rotatable bonds is 1. The summed E-state index contributed by atoms with van der Waals surface area (Å²) in [6, 6.07) is -3.31. The lowest BCUT2D eigenvalue weighted by Crippen LogP contribution is -2.31. The fraction of sp³-hybridized carbons (Fsp3) is 0.833. The first-order valence-electron chi connectivity index (χ1n) is 2.78. The highest BCUT2D eigenvalue weighted by Gasteiger charge is 2.43. The van der Waals surface area contributed by atoms with Crippen LogP contribution in [0.3, 0.4) is 0 Å². The van der Waals surface area contributed by atoms with Crippen LogP contribution in [0.2, 0.25) is 0 Å². The van der Waals surface area contributed by atoms with Crippen LogP contribution in [-0.4, -0.2) is 12.1 Å². The van der Waals surface area contributed by atoms with Gasteiger partial charge in [-0.05, 0) is 0 Å². The summed E-state index contributed by atoms with van der Waals surface area (Å²) in [7, 11) is 0. The highest BCUT2D eigenvalue weighted by molar-refractivity contribution is 5.34. The average molecular weight is 149 g/mol. The number of carbonyl (C=O) groups excluding carboxylic acids is 1. The molecule has 0 aromatic rings. The van der Waals surface area contributed by atoms with Gasteiger partial charge < -0.3 is 0 Å². The molecule has 0 spiro atoms. The lowest BCUT2D eigenvalue weighted by atomic mass is 9.94. The van der Waals surface area contributed by atoms with E-state index in [1.54, 1.807) is 0 Å². The Kier molecular flexibility index (Phi) is 2.28. The van der Waals surface area contributed by atoms with Crippen molar-refractivity contribution in [3.63, 3.8) is 0 Å². The number of alkyl halides is 2. The fourth-order valence-electron chi connectivity index (χ4n) is 0.225. The van der Waals surface area contributed by atoms with Crippen molar-refractivity contribution < 1.29 is 13.6 Å². The van der Waals surface area contributed by atoms with Gasteiger partial charge in [0.2, 0.25) is 6.08 Å². The Labute approximate surface area is 58.0 Å². The predicted molar refractivity (Wildman–Crippen MR) is 32.5 cm³/mol. The van der Waals surface area contributed by atoms with E-state index < -0.39 is 11.5 Å². The molecule has 0 aliphatic rings. The molecule has 58 valence electrons. The summed E-state index contributed by atoms with van der Waals surface area (Å²) in [5, 5.41) is 0. The fourth-order valence-corrected chi connectivity index (χ4v) is 0.225. The molecule has 0 atom stereocenters. The van der Waals surface area contributed by atoms with Crippen LogP contribution < -0.4 is 0 Å². The van der Waals surface area contributed by atoms with Crippen molar-refractivity contribution >= 4 is 6.08 Å². The van der Waals surface area contributed by atoms with E-state index >= 15 is 0 Å². The van der Waals surface area contributed by atoms with Gasteiger partial charge in [-0.1, -0.05) is 20.8 Å². The van der Waals surface area contributed by atoms with Gasteiger partial charge in [0.25, 0.3) is 0 Å². The average Bonchev–Trinajstić information content (AvgIpc) is 1.61. The zero-order valence-corrected chi connectivity index (χ0v) is 6.11. The van der Waals surface area contributed by atoms with Crippen LogP contribution in [0.25, 0.3) is 0 Å². The zero-order chi connectivity index (χ0) is 8.41. The number of nitrogens with zero attached hydrogens (tertiary/aromatic N) is 1. The Bertz CT molecular complexity index is 165. The van der Waals surface area contributed by atoms with Gasteiger partial charge in [-0.25, -0.2) is 4.79 Å². The topological polar surface area (TPSA) is 29.4 Å². The summed E-state index contributed by atoms with van der Waals surface area (Å²) in [6.07, 6.45) is 0.840. The second-order valence-corrected chi connectivity index (χ2v) is 2.99. The van der Waals surface area contributed by atoms with E-state index in [4.69, 9.17) is 0 Å². The van der Waals surface area contributed by atoms with E-state index in [2.05, 4.69) is 4.99 Å². The van der Waals surface area contributed by atoms with Gasteiger partial charge in [0.05, 0.1) is 0 Å². The first-order chi connectivity index (χ1) is 4.31. The van der Waals surface area contributed by atoms with Crippen molar-refractivity contribution in [1.82, 2.24) is 0 Å². The maximum atomic E-state index is 12.5. The van der Waals surface area contributed by atoms with Crippen molar-refractivity contribution in [1.29, 1.82) is 0 Å². The molecule has 4 heteroatoms. The molecule has 0 aromatic heterocycles. The smallest absolute Gasteiger partial charge is 0.211 e. The summed E-state index contributed by atoms with van der Waals surface area (Å²) < 4.78 is 25.0. The van der Waals surface area contributed by atoms with Gasteiger partial charge in [0.1, 0.15) is 0 Å². The maximum absolute atomic E-state index is 12.5. The summed E-state index contributed by atoms with van der Waals surface area (Å²) in [5.74, 6) is 0. The molecule has 0 saturated heterocycles. The van der Waals surface area contributed by atoms with Crippen molar-refractivity contribution in [2.75, 3.05) is 0 Å². The highest BCUT2D eigenvalue weighted by atomic mass is 19.3. The highest BCUT2D eigenvalue weighted by Crippen LogP contribution is 2.35. The van der Waals surface area contributed by atoms with E-state index in [0.717, 1.165) is 6.08 Å². The van der Waals surface area contributed by atoms with E-state index in [9.17, 15) is 13.6 Å². The molecule has 0 unspecified atom stereocenters.